The Morgan fingerprint density at radius 3 is 2.73 bits per heavy atom. The number of nitrogens with one attached hydrogen (secondary N) is 1. The van der Waals surface area contributed by atoms with E-state index in [1.807, 2.05) is 12.3 Å². The third kappa shape index (κ3) is 1.99. The minimum absolute atomic E-state index is 0. The van der Waals surface area contributed by atoms with Crippen LogP contribution in [-0.2, 0) is 0 Å². The fraction of sp³-hybridized carbons (Fsp3) is 0.545. The highest BCUT2D eigenvalue weighted by molar-refractivity contribution is 6.29. The van der Waals surface area contributed by atoms with E-state index >= 15 is 0 Å². The minimum Gasteiger partial charge on any atom is -0.311 e. The van der Waals surface area contributed by atoms with Crippen LogP contribution in [0, 0.1) is 0 Å². The molecule has 1 aromatic heterocycles. The number of halogens is 2. The number of aromatic nitrogens is 1. The zero-order valence-electron chi connectivity index (χ0n) is 8.32. The lowest BCUT2D eigenvalue weighted by Gasteiger charge is -2.19. The van der Waals surface area contributed by atoms with E-state index in [2.05, 4.69) is 16.4 Å². The molecule has 2 aliphatic heterocycles. The molecule has 0 spiro atoms. The van der Waals surface area contributed by atoms with E-state index < -0.39 is 0 Å². The standard InChI is InChI=1S/C11H13ClN2.ClH/c12-11-4-1-7(6-13-11)9-5-8-2-3-10(9)14-8;/h1,4,6,8-10,14H,2-3,5H2;1H. The molecule has 4 heteroatoms. The van der Waals surface area contributed by atoms with Gasteiger partial charge < -0.3 is 5.32 Å². The van der Waals surface area contributed by atoms with Crippen molar-refractivity contribution in [2.75, 3.05) is 0 Å². The number of fused-ring (bicyclic) bond motifs is 2. The lowest BCUT2D eigenvalue weighted by molar-refractivity contribution is 0.505. The molecular formula is C11H14Cl2N2. The molecule has 2 saturated heterocycles. The van der Waals surface area contributed by atoms with Crippen molar-refractivity contribution in [2.24, 2.45) is 0 Å². The molecule has 0 aromatic carbocycles. The lowest BCUT2D eigenvalue weighted by Crippen LogP contribution is -2.21. The Hall–Kier alpha value is -0.310. The largest absolute Gasteiger partial charge is 0.311 e. The Labute approximate surface area is 101 Å². The van der Waals surface area contributed by atoms with Gasteiger partial charge in [0.15, 0.2) is 0 Å². The zero-order chi connectivity index (χ0) is 9.54. The highest BCUT2D eigenvalue weighted by Crippen LogP contribution is 2.39. The van der Waals surface area contributed by atoms with Gasteiger partial charge in [-0.25, -0.2) is 4.98 Å². The van der Waals surface area contributed by atoms with Crippen molar-refractivity contribution in [3.05, 3.63) is 29.0 Å². The van der Waals surface area contributed by atoms with Gasteiger partial charge in [-0.1, -0.05) is 17.7 Å². The quantitative estimate of drug-likeness (QED) is 0.769. The molecular weight excluding hydrogens is 231 g/mol. The van der Waals surface area contributed by atoms with Crippen molar-refractivity contribution in [1.82, 2.24) is 10.3 Å². The number of pyridine rings is 1. The van der Waals surface area contributed by atoms with Crippen molar-refractivity contribution in [1.29, 1.82) is 0 Å². The van der Waals surface area contributed by atoms with Gasteiger partial charge in [0.2, 0.25) is 0 Å². The summed E-state index contributed by atoms with van der Waals surface area (Å²) in [5.74, 6) is 0.665. The Kier molecular flexibility index (Phi) is 3.19. The van der Waals surface area contributed by atoms with Crippen LogP contribution in [0.1, 0.15) is 30.7 Å². The van der Waals surface area contributed by atoms with E-state index in [0.717, 1.165) is 6.04 Å². The van der Waals surface area contributed by atoms with Gasteiger partial charge in [-0.3, -0.25) is 0 Å². The summed E-state index contributed by atoms with van der Waals surface area (Å²) in [5, 5.41) is 4.22. The SMILES string of the molecule is Cl.Clc1ccc(C2CC3CCC2N3)cn1. The predicted molar refractivity (Wildman–Crippen MR) is 63.8 cm³/mol. The molecule has 3 rings (SSSR count). The van der Waals surface area contributed by atoms with Crippen molar-refractivity contribution in [3.8, 4) is 0 Å². The first-order valence-corrected chi connectivity index (χ1v) is 5.58. The Morgan fingerprint density at radius 1 is 1.33 bits per heavy atom. The van der Waals surface area contributed by atoms with Gasteiger partial charge in [0.25, 0.3) is 0 Å². The summed E-state index contributed by atoms with van der Waals surface area (Å²) in [7, 11) is 0. The first kappa shape index (κ1) is 11.2. The summed E-state index contributed by atoms with van der Waals surface area (Å²) in [6, 6.07) is 5.44. The van der Waals surface area contributed by atoms with Crippen molar-refractivity contribution < 1.29 is 0 Å². The zero-order valence-corrected chi connectivity index (χ0v) is 9.89. The summed E-state index contributed by atoms with van der Waals surface area (Å²) in [4.78, 5) is 4.14. The van der Waals surface area contributed by atoms with Gasteiger partial charge in [0.05, 0.1) is 0 Å². The van der Waals surface area contributed by atoms with Crippen LogP contribution < -0.4 is 5.32 Å². The average molecular weight is 245 g/mol. The summed E-state index contributed by atoms with van der Waals surface area (Å²) >= 11 is 5.77. The Morgan fingerprint density at radius 2 is 2.20 bits per heavy atom. The molecule has 3 atom stereocenters. The molecule has 2 fully saturated rings. The molecule has 0 aliphatic carbocycles. The van der Waals surface area contributed by atoms with E-state index in [1.54, 1.807) is 0 Å². The van der Waals surface area contributed by atoms with E-state index in [9.17, 15) is 0 Å². The molecule has 15 heavy (non-hydrogen) atoms. The number of rotatable bonds is 1. The number of nitrogens with zero attached hydrogens (tertiary/aromatic N) is 1. The third-order valence-electron chi connectivity index (χ3n) is 3.48. The molecule has 82 valence electrons. The van der Waals surface area contributed by atoms with Crippen LogP contribution in [0.25, 0.3) is 0 Å². The molecule has 3 unspecified atom stereocenters. The van der Waals surface area contributed by atoms with Gasteiger partial charge in [0.1, 0.15) is 5.15 Å². The molecule has 1 N–H and O–H groups in total. The van der Waals surface area contributed by atoms with Crippen LogP contribution in [-0.4, -0.2) is 17.1 Å². The van der Waals surface area contributed by atoms with Crippen LogP contribution >= 0.6 is 24.0 Å². The van der Waals surface area contributed by atoms with Gasteiger partial charge in [-0.05, 0) is 30.9 Å². The summed E-state index contributed by atoms with van der Waals surface area (Å²) in [6.07, 6.45) is 5.86. The van der Waals surface area contributed by atoms with E-state index in [-0.39, 0.29) is 12.4 Å². The normalized spacial score (nSPS) is 32.7. The third-order valence-corrected chi connectivity index (χ3v) is 3.70. The van der Waals surface area contributed by atoms with Crippen molar-refractivity contribution >= 4 is 24.0 Å². The highest BCUT2D eigenvalue weighted by atomic mass is 35.5. The average Bonchev–Trinajstić information content (AvgIpc) is 2.80. The molecule has 0 amide bonds. The minimum atomic E-state index is 0. The first-order chi connectivity index (χ1) is 6.83. The van der Waals surface area contributed by atoms with Crippen molar-refractivity contribution in [3.63, 3.8) is 0 Å². The summed E-state index contributed by atoms with van der Waals surface area (Å²) in [6.45, 7) is 0. The molecule has 3 heterocycles. The molecule has 1 aromatic rings. The second kappa shape index (κ2) is 4.28. The van der Waals surface area contributed by atoms with Crippen LogP contribution in [0.15, 0.2) is 18.3 Å². The van der Waals surface area contributed by atoms with Gasteiger partial charge >= 0.3 is 0 Å². The fourth-order valence-corrected chi connectivity index (χ4v) is 2.91. The predicted octanol–water partition coefficient (Wildman–Crippen LogP) is 2.76. The van der Waals surface area contributed by atoms with Crippen molar-refractivity contribution in [2.45, 2.75) is 37.3 Å². The van der Waals surface area contributed by atoms with Crippen LogP contribution in [0.4, 0.5) is 0 Å². The summed E-state index contributed by atoms with van der Waals surface area (Å²) < 4.78 is 0. The summed E-state index contributed by atoms with van der Waals surface area (Å²) in [5.41, 5.74) is 1.34. The van der Waals surface area contributed by atoms with Crippen LogP contribution in [0.3, 0.4) is 0 Å². The number of hydrogen-bond donors (Lipinski definition) is 1. The molecule has 0 radical (unpaired) electrons. The second-order valence-electron chi connectivity index (χ2n) is 4.30. The highest BCUT2D eigenvalue weighted by Gasteiger charge is 2.39. The van der Waals surface area contributed by atoms with Crippen LogP contribution in [0.2, 0.25) is 5.15 Å². The number of hydrogen-bond acceptors (Lipinski definition) is 2. The maximum absolute atomic E-state index is 5.77. The maximum atomic E-state index is 5.77. The molecule has 2 bridgehead atoms. The van der Waals surface area contributed by atoms with E-state index in [1.165, 1.54) is 24.8 Å². The smallest absolute Gasteiger partial charge is 0.129 e. The Bertz CT molecular complexity index is 339. The van der Waals surface area contributed by atoms with Gasteiger partial charge in [0, 0.05) is 24.2 Å². The monoisotopic (exact) mass is 244 g/mol. The first-order valence-electron chi connectivity index (χ1n) is 5.20. The van der Waals surface area contributed by atoms with Gasteiger partial charge in [-0.2, -0.15) is 0 Å². The topological polar surface area (TPSA) is 24.9 Å². The maximum Gasteiger partial charge on any atom is 0.129 e. The molecule has 0 saturated carbocycles. The molecule has 2 aliphatic rings. The second-order valence-corrected chi connectivity index (χ2v) is 4.69. The van der Waals surface area contributed by atoms with Gasteiger partial charge in [-0.15, -0.1) is 12.4 Å². The molecule has 2 nitrogen and oxygen atoms in total. The lowest BCUT2D eigenvalue weighted by atomic mass is 9.85. The van der Waals surface area contributed by atoms with Crippen LogP contribution in [0.5, 0.6) is 0 Å². The fourth-order valence-electron chi connectivity index (χ4n) is 2.80. The van der Waals surface area contributed by atoms with E-state index in [4.69, 9.17) is 11.6 Å². The Balaban J connectivity index is 0.000000853. The van der Waals surface area contributed by atoms with E-state index in [0.29, 0.717) is 17.1 Å².